The predicted molar refractivity (Wildman–Crippen MR) is 144 cm³/mol. The first-order chi connectivity index (χ1) is 19.0. The van der Waals surface area contributed by atoms with Crippen molar-refractivity contribution in [2.45, 2.75) is 24.5 Å². The minimum absolute atomic E-state index is 0.159. The van der Waals surface area contributed by atoms with Crippen molar-refractivity contribution in [3.63, 3.8) is 0 Å². The molecule has 1 aromatic heterocycles. The summed E-state index contributed by atoms with van der Waals surface area (Å²) in [5.74, 6) is -2.82. The highest BCUT2D eigenvalue weighted by Gasteiger charge is 2.53. The third-order valence-corrected chi connectivity index (χ3v) is 8.88. The number of quaternary nitrogens is 1. The molecule has 5 N–H and O–H groups in total. The summed E-state index contributed by atoms with van der Waals surface area (Å²) in [4.78, 5) is 48.0. The molecule has 0 spiro atoms. The van der Waals surface area contributed by atoms with Crippen molar-refractivity contribution in [1.82, 2.24) is 15.2 Å². The average Bonchev–Trinajstić information content (AvgIpc) is 3.47. The van der Waals surface area contributed by atoms with E-state index < -0.39 is 29.2 Å². The first-order valence-electron chi connectivity index (χ1n) is 12.1. The van der Waals surface area contributed by atoms with Crippen molar-refractivity contribution in [3.05, 3.63) is 57.8 Å². The molecule has 2 aromatic rings. The number of amides is 2. The first kappa shape index (κ1) is 27.5. The Morgan fingerprint density at radius 2 is 2.00 bits per heavy atom. The van der Waals surface area contributed by atoms with E-state index in [1.165, 1.54) is 24.3 Å². The lowest BCUT2D eigenvalue weighted by atomic mass is 10.0. The smallest absolute Gasteiger partial charge is 0.276 e. The molecule has 0 saturated carbocycles. The number of carboxylic acid groups (broad SMARTS) is 1. The molecule has 0 aliphatic carbocycles. The fraction of sp³-hybridized carbons (Fsp3) is 0.320. The number of phenolic OH excluding ortho intramolecular Hbond substituents is 2. The van der Waals surface area contributed by atoms with Crippen molar-refractivity contribution in [1.29, 1.82) is 0 Å². The molecule has 1 saturated heterocycles. The van der Waals surface area contributed by atoms with Crippen LogP contribution in [0.5, 0.6) is 11.5 Å². The van der Waals surface area contributed by atoms with Crippen LogP contribution < -0.4 is 16.2 Å². The molecule has 2 amide bonds. The number of carbonyl (C=O) groups is 3. The third-order valence-electron chi connectivity index (χ3n) is 6.91. The third kappa shape index (κ3) is 4.98. The van der Waals surface area contributed by atoms with Crippen LogP contribution in [0.25, 0.3) is 0 Å². The van der Waals surface area contributed by atoms with Crippen molar-refractivity contribution in [2.75, 3.05) is 32.2 Å². The Hall–Kier alpha value is -4.08. The molecule has 1 aromatic carbocycles. The number of carboxylic acids is 1. The molecule has 2 atom stereocenters. The monoisotopic (exact) mass is 586 g/mol. The number of likely N-dealkylation sites (N-methyl/N-ethyl adjacent to an activating group) is 1. The Balaban J connectivity index is 1.28. The Morgan fingerprint density at radius 3 is 2.58 bits per heavy atom. The molecular weight excluding hydrogens is 560 g/mol. The van der Waals surface area contributed by atoms with Crippen LogP contribution in [0.4, 0.5) is 5.13 Å². The van der Waals surface area contributed by atoms with Gasteiger partial charge in [0.25, 0.3) is 11.8 Å². The number of β-lactam (4-membered cyclic amide) rings is 1. The van der Waals surface area contributed by atoms with Crippen molar-refractivity contribution in [3.8, 4) is 11.5 Å². The van der Waals surface area contributed by atoms with Crippen molar-refractivity contribution < 1.29 is 39.0 Å². The molecule has 13 nitrogen and oxygen atoms in total. The molecule has 5 rings (SSSR count). The molecule has 4 heterocycles. The molecule has 15 heteroatoms. The van der Waals surface area contributed by atoms with Gasteiger partial charge in [0, 0.05) is 22.3 Å². The van der Waals surface area contributed by atoms with Gasteiger partial charge in [-0.1, -0.05) is 11.2 Å². The second kappa shape index (κ2) is 10.5. The van der Waals surface area contributed by atoms with Gasteiger partial charge < -0.3 is 40.5 Å². The molecule has 3 aliphatic rings. The number of aromatic nitrogens is 1. The number of benzene rings is 1. The minimum Gasteiger partial charge on any atom is -0.543 e. The zero-order valence-corrected chi connectivity index (χ0v) is 23.1. The molecule has 1 fully saturated rings. The number of aliphatic carboxylic acids is 1. The number of oxime groups is 1. The lowest BCUT2D eigenvalue weighted by molar-refractivity contribution is -0.923. The molecular formula is C25H26N6O7S2. The summed E-state index contributed by atoms with van der Waals surface area (Å²) in [6.07, 6.45) is 3.53. The maximum absolute atomic E-state index is 13.0. The summed E-state index contributed by atoms with van der Waals surface area (Å²) < 4.78 is 0.561. The SMILES string of the molecule is CO/N=C(\C(=O)NC1C(=O)N2C(C(=O)[O-])=C(/C=C/C[N+]3(C)Cc4cc(O)c(O)cc4C3)CS[C@H]12)c1csc(N)n1. The van der Waals surface area contributed by atoms with E-state index in [-0.39, 0.29) is 39.5 Å². The maximum Gasteiger partial charge on any atom is 0.276 e. The minimum atomic E-state index is -1.48. The summed E-state index contributed by atoms with van der Waals surface area (Å²) in [6.45, 7) is 1.80. The Bertz CT molecular complexity index is 1470. The lowest BCUT2D eigenvalue weighted by Crippen LogP contribution is -2.71. The number of aromatic hydroxyl groups is 2. The van der Waals surface area contributed by atoms with Crippen LogP contribution in [0.3, 0.4) is 0 Å². The highest BCUT2D eigenvalue weighted by atomic mass is 32.2. The van der Waals surface area contributed by atoms with Gasteiger partial charge in [0.1, 0.15) is 37.3 Å². The second-order valence-corrected chi connectivity index (χ2v) is 11.8. The highest BCUT2D eigenvalue weighted by Crippen LogP contribution is 2.41. The average molecular weight is 587 g/mol. The van der Waals surface area contributed by atoms with E-state index in [9.17, 15) is 29.7 Å². The molecule has 0 radical (unpaired) electrons. The van der Waals surface area contributed by atoms with E-state index in [1.54, 1.807) is 18.2 Å². The largest absolute Gasteiger partial charge is 0.543 e. The number of carbonyl (C=O) groups excluding carboxylic acids is 3. The summed E-state index contributed by atoms with van der Waals surface area (Å²) in [5.41, 5.74) is 7.76. The van der Waals surface area contributed by atoms with E-state index >= 15 is 0 Å². The maximum atomic E-state index is 13.0. The fourth-order valence-electron chi connectivity index (χ4n) is 5.08. The number of thiazole rings is 1. The number of nitrogens with two attached hydrogens (primary N) is 1. The van der Waals surface area contributed by atoms with E-state index in [4.69, 9.17) is 10.6 Å². The molecule has 40 heavy (non-hydrogen) atoms. The number of anilines is 1. The summed E-state index contributed by atoms with van der Waals surface area (Å²) >= 11 is 2.43. The summed E-state index contributed by atoms with van der Waals surface area (Å²) in [5, 5.41) is 39.2. The quantitative estimate of drug-likeness (QED) is 0.104. The normalized spacial score (nSPS) is 21.7. The zero-order chi connectivity index (χ0) is 28.8. The molecule has 210 valence electrons. The van der Waals surface area contributed by atoms with E-state index in [1.807, 2.05) is 13.1 Å². The van der Waals surface area contributed by atoms with E-state index in [0.717, 1.165) is 27.4 Å². The lowest BCUT2D eigenvalue weighted by Gasteiger charge is -2.50. The Labute approximate surface area is 236 Å². The number of rotatable bonds is 8. The number of hydrogen-bond acceptors (Lipinski definition) is 12. The number of fused-ring (bicyclic) bond motifs is 2. The Morgan fingerprint density at radius 1 is 1.32 bits per heavy atom. The van der Waals surface area contributed by atoms with Crippen LogP contribution >= 0.6 is 23.1 Å². The number of thioether (sulfide) groups is 1. The number of nitrogens with zero attached hydrogens (tertiary/aromatic N) is 4. The number of nitrogen functional groups attached to an aromatic ring is 1. The molecule has 1 unspecified atom stereocenters. The van der Waals surface area contributed by atoms with Gasteiger partial charge in [-0.25, -0.2) is 4.98 Å². The van der Waals surface area contributed by atoms with Crippen LogP contribution in [-0.4, -0.2) is 85.9 Å². The topological polar surface area (TPSA) is 190 Å². The van der Waals surface area contributed by atoms with Crippen LogP contribution in [0.15, 0.2) is 46.1 Å². The number of hydrogen-bond donors (Lipinski definition) is 4. The van der Waals surface area contributed by atoms with Gasteiger partial charge in [-0.3, -0.25) is 14.5 Å². The molecule has 3 aliphatic heterocycles. The van der Waals surface area contributed by atoms with Gasteiger partial charge in [-0.05, 0) is 23.8 Å². The van der Waals surface area contributed by atoms with Gasteiger partial charge in [0.05, 0.1) is 25.3 Å². The van der Waals surface area contributed by atoms with Gasteiger partial charge in [-0.15, -0.1) is 23.1 Å². The van der Waals surface area contributed by atoms with Gasteiger partial charge in [-0.2, -0.15) is 0 Å². The van der Waals surface area contributed by atoms with Crippen LogP contribution in [0.1, 0.15) is 16.8 Å². The summed E-state index contributed by atoms with van der Waals surface area (Å²) in [6, 6.07) is 2.15. The van der Waals surface area contributed by atoms with Crippen molar-refractivity contribution in [2.24, 2.45) is 5.16 Å². The van der Waals surface area contributed by atoms with Crippen molar-refractivity contribution >= 4 is 51.7 Å². The van der Waals surface area contributed by atoms with Crippen LogP contribution in [0, 0.1) is 0 Å². The number of allylic oxidation sites excluding steroid dienone is 1. The highest BCUT2D eigenvalue weighted by molar-refractivity contribution is 8.00. The van der Waals surface area contributed by atoms with E-state index in [2.05, 4.69) is 15.5 Å². The molecule has 0 bridgehead atoms. The number of phenols is 2. The second-order valence-electron chi connectivity index (χ2n) is 9.85. The standard InChI is InChI=1S/C25H26N6O7S2/c1-31(8-13-6-16(32)17(33)7-14(13)9-31)5-3-4-12-10-39-23-19(22(35)30(23)20(12)24(36)37)28-21(34)18(29-38-2)15-11-40-25(26)27-15/h3-4,6-7,11,19,23H,5,8-10H2,1-2H3,(H5-,26,27,28,29,32,33,34,36,37)/b4-3+/t19?,23-/m1/s1. The van der Waals surface area contributed by atoms with Gasteiger partial charge >= 0.3 is 0 Å². The van der Waals surface area contributed by atoms with Gasteiger partial charge in [0.2, 0.25) is 0 Å². The van der Waals surface area contributed by atoms with Gasteiger partial charge in [0.15, 0.2) is 22.3 Å². The van der Waals surface area contributed by atoms with E-state index in [0.29, 0.717) is 29.7 Å². The first-order valence-corrected chi connectivity index (χ1v) is 14.0. The summed E-state index contributed by atoms with van der Waals surface area (Å²) in [7, 11) is 3.29. The number of nitrogens with one attached hydrogen (secondary N) is 1. The predicted octanol–water partition coefficient (Wildman–Crippen LogP) is -0.392. The van der Waals surface area contributed by atoms with Crippen LogP contribution in [-0.2, 0) is 32.3 Å². The fourth-order valence-corrected chi connectivity index (χ4v) is 6.94. The van der Waals surface area contributed by atoms with Crippen LogP contribution in [0.2, 0.25) is 0 Å². The Kier molecular flexibility index (Phi) is 7.20. The zero-order valence-electron chi connectivity index (χ0n) is 21.5.